The predicted molar refractivity (Wildman–Crippen MR) is 181 cm³/mol. The van der Waals surface area contributed by atoms with Crippen LogP contribution in [0, 0.1) is 6.92 Å². The van der Waals surface area contributed by atoms with Crippen LogP contribution in [0.4, 0.5) is 5.69 Å². The number of halogens is 3. The van der Waals surface area contributed by atoms with Crippen LogP contribution in [0.3, 0.4) is 0 Å². The Morgan fingerprint density at radius 2 is 1.47 bits per heavy atom. The van der Waals surface area contributed by atoms with Crippen molar-refractivity contribution >= 4 is 62.3 Å². The van der Waals surface area contributed by atoms with Crippen LogP contribution in [-0.2, 0) is 32.6 Å². The first-order valence-electron chi connectivity index (χ1n) is 14.3. The molecule has 0 spiro atoms. The van der Waals surface area contributed by atoms with Crippen LogP contribution >= 0.6 is 34.8 Å². The second-order valence-corrected chi connectivity index (χ2v) is 14.0. The molecule has 0 aliphatic carbocycles. The summed E-state index contributed by atoms with van der Waals surface area (Å²) in [7, 11) is -4.32. The number of benzene rings is 4. The fourth-order valence-corrected chi connectivity index (χ4v) is 6.89. The molecule has 45 heavy (non-hydrogen) atoms. The maximum Gasteiger partial charge on any atom is 0.264 e. The van der Waals surface area contributed by atoms with E-state index >= 15 is 0 Å². The summed E-state index contributed by atoms with van der Waals surface area (Å²) in [5.74, 6) is -1.00. The number of carbonyl (C=O) groups excluding carboxylic acids is 2. The summed E-state index contributed by atoms with van der Waals surface area (Å²) in [6.07, 6.45) is 0.189. The number of aryl methyl sites for hydroxylation is 1. The van der Waals surface area contributed by atoms with Crippen LogP contribution in [0.1, 0.15) is 30.5 Å². The highest BCUT2D eigenvalue weighted by Crippen LogP contribution is 2.35. The van der Waals surface area contributed by atoms with Gasteiger partial charge in [-0.05, 0) is 68.3 Å². The molecule has 4 aromatic carbocycles. The largest absolute Gasteiger partial charge is 0.352 e. The zero-order valence-electron chi connectivity index (χ0n) is 25.1. The number of amides is 2. The van der Waals surface area contributed by atoms with Gasteiger partial charge in [-0.25, -0.2) is 8.42 Å². The smallest absolute Gasteiger partial charge is 0.264 e. The molecule has 0 saturated heterocycles. The highest BCUT2D eigenvalue weighted by molar-refractivity contribution is 7.92. The standard InChI is InChI=1S/C34H34Cl3N3O4S/c1-23(2)38-34(42)31(20-25-9-5-4-6-10-25)39(21-26-11-7-12-27(35)19-26)32(41)22-40(30-14-8-13-29(36)33(30)37)45(43,44)28-17-15-24(3)16-18-28/h4-19,23,31H,20-22H2,1-3H3,(H,38,42). The fraction of sp³-hybridized carbons (Fsp3) is 0.235. The molecule has 7 nitrogen and oxygen atoms in total. The molecule has 0 bridgehead atoms. The molecule has 11 heteroatoms. The zero-order valence-corrected chi connectivity index (χ0v) is 28.2. The minimum absolute atomic E-state index is 0.00982. The van der Waals surface area contributed by atoms with Gasteiger partial charge in [0.2, 0.25) is 11.8 Å². The SMILES string of the molecule is Cc1ccc(S(=O)(=O)N(CC(=O)N(Cc2cccc(Cl)c2)C(Cc2ccccc2)C(=O)NC(C)C)c2cccc(Cl)c2Cl)cc1. The zero-order chi connectivity index (χ0) is 32.7. The first kappa shape index (κ1) is 34.3. The number of anilines is 1. The Kier molecular flexibility index (Phi) is 11.6. The van der Waals surface area contributed by atoms with E-state index in [1.165, 1.54) is 29.2 Å². The maximum absolute atomic E-state index is 14.5. The molecule has 0 aliphatic rings. The van der Waals surface area contributed by atoms with Crippen molar-refractivity contribution in [3.05, 3.63) is 129 Å². The van der Waals surface area contributed by atoms with Crippen molar-refractivity contribution < 1.29 is 18.0 Å². The molecule has 0 heterocycles. The maximum atomic E-state index is 14.5. The third-order valence-corrected chi connectivity index (χ3v) is 9.85. The van der Waals surface area contributed by atoms with Crippen LogP contribution in [0.2, 0.25) is 15.1 Å². The summed E-state index contributed by atoms with van der Waals surface area (Å²) in [6.45, 7) is 4.84. The van der Waals surface area contributed by atoms with Gasteiger partial charge < -0.3 is 10.2 Å². The molecule has 236 valence electrons. The van der Waals surface area contributed by atoms with Gasteiger partial charge >= 0.3 is 0 Å². The van der Waals surface area contributed by atoms with Crippen molar-refractivity contribution in [1.82, 2.24) is 10.2 Å². The van der Waals surface area contributed by atoms with Gasteiger partial charge in [-0.15, -0.1) is 0 Å². The Hall–Kier alpha value is -3.56. The quantitative estimate of drug-likeness (QED) is 0.169. The molecule has 2 amide bonds. The molecule has 1 N–H and O–H groups in total. The van der Waals surface area contributed by atoms with E-state index in [0.717, 1.165) is 15.4 Å². The molecular formula is C34H34Cl3N3O4S. The Labute approximate surface area is 279 Å². The molecular weight excluding hydrogens is 653 g/mol. The Bertz CT molecular complexity index is 1750. The second kappa shape index (κ2) is 15.1. The van der Waals surface area contributed by atoms with E-state index in [-0.39, 0.29) is 45.5 Å². The average Bonchev–Trinajstić information content (AvgIpc) is 2.99. The first-order valence-corrected chi connectivity index (χ1v) is 16.9. The number of nitrogens with one attached hydrogen (secondary N) is 1. The van der Waals surface area contributed by atoms with Gasteiger partial charge in [-0.3, -0.25) is 13.9 Å². The van der Waals surface area contributed by atoms with Crippen LogP contribution in [0.15, 0.2) is 102 Å². The normalized spacial score (nSPS) is 12.1. The van der Waals surface area contributed by atoms with Crippen molar-refractivity contribution in [1.29, 1.82) is 0 Å². The van der Waals surface area contributed by atoms with Gasteiger partial charge in [0.25, 0.3) is 10.0 Å². The monoisotopic (exact) mass is 685 g/mol. The highest BCUT2D eigenvalue weighted by Gasteiger charge is 2.35. The minimum Gasteiger partial charge on any atom is -0.352 e. The Balaban J connectivity index is 1.84. The van der Waals surface area contributed by atoms with Gasteiger partial charge in [-0.1, -0.05) is 101 Å². The number of rotatable bonds is 12. The summed E-state index contributed by atoms with van der Waals surface area (Å²) in [5.41, 5.74) is 2.39. The number of carbonyl (C=O) groups is 2. The van der Waals surface area contributed by atoms with E-state index in [0.29, 0.717) is 10.6 Å². The average molecular weight is 687 g/mol. The molecule has 0 radical (unpaired) electrons. The Morgan fingerprint density at radius 1 is 0.822 bits per heavy atom. The summed E-state index contributed by atoms with van der Waals surface area (Å²) < 4.78 is 29.3. The first-order chi connectivity index (χ1) is 21.4. The molecule has 0 aromatic heterocycles. The van der Waals surface area contributed by atoms with E-state index in [1.54, 1.807) is 42.5 Å². The second-order valence-electron chi connectivity index (χ2n) is 10.9. The van der Waals surface area contributed by atoms with E-state index in [1.807, 2.05) is 51.1 Å². The summed E-state index contributed by atoms with van der Waals surface area (Å²) in [5, 5.41) is 3.49. The van der Waals surface area contributed by atoms with Crippen molar-refractivity contribution in [3.63, 3.8) is 0 Å². The van der Waals surface area contributed by atoms with Gasteiger partial charge in [0.1, 0.15) is 12.6 Å². The van der Waals surface area contributed by atoms with Crippen molar-refractivity contribution in [2.45, 2.75) is 50.7 Å². The third kappa shape index (κ3) is 8.79. The molecule has 4 aromatic rings. The van der Waals surface area contributed by atoms with Crippen LogP contribution in [0.5, 0.6) is 0 Å². The highest BCUT2D eigenvalue weighted by atomic mass is 35.5. The van der Waals surface area contributed by atoms with Gasteiger partial charge in [-0.2, -0.15) is 0 Å². The summed E-state index contributed by atoms with van der Waals surface area (Å²) >= 11 is 19.2. The van der Waals surface area contributed by atoms with Crippen molar-refractivity contribution in [2.75, 3.05) is 10.8 Å². The number of nitrogens with zero attached hydrogens (tertiary/aromatic N) is 2. The van der Waals surface area contributed by atoms with E-state index in [2.05, 4.69) is 5.32 Å². The minimum atomic E-state index is -4.32. The third-order valence-electron chi connectivity index (χ3n) is 7.03. The number of sulfonamides is 1. The van der Waals surface area contributed by atoms with Crippen molar-refractivity contribution in [2.24, 2.45) is 0 Å². The molecule has 0 aliphatic heterocycles. The van der Waals surface area contributed by atoms with Gasteiger partial charge in [0.15, 0.2) is 0 Å². The van der Waals surface area contributed by atoms with E-state index in [4.69, 9.17) is 34.8 Å². The molecule has 4 rings (SSSR count). The van der Waals surface area contributed by atoms with Crippen LogP contribution < -0.4 is 9.62 Å². The van der Waals surface area contributed by atoms with Gasteiger partial charge in [0, 0.05) is 24.0 Å². The van der Waals surface area contributed by atoms with Crippen LogP contribution in [-0.4, -0.2) is 43.8 Å². The van der Waals surface area contributed by atoms with E-state index < -0.39 is 28.5 Å². The lowest BCUT2D eigenvalue weighted by atomic mass is 10.0. The number of hydrogen-bond acceptors (Lipinski definition) is 4. The van der Waals surface area contributed by atoms with Crippen molar-refractivity contribution in [3.8, 4) is 0 Å². The molecule has 1 atom stereocenters. The number of hydrogen-bond donors (Lipinski definition) is 1. The molecule has 1 unspecified atom stereocenters. The van der Waals surface area contributed by atoms with Crippen LogP contribution in [0.25, 0.3) is 0 Å². The fourth-order valence-electron chi connectivity index (χ4n) is 4.80. The summed E-state index contributed by atoms with van der Waals surface area (Å²) in [6, 6.07) is 25.9. The molecule has 0 fully saturated rings. The van der Waals surface area contributed by atoms with E-state index in [9.17, 15) is 18.0 Å². The van der Waals surface area contributed by atoms with Gasteiger partial charge in [0.05, 0.1) is 20.6 Å². The topological polar surface area (TPSA) is 86.8 Å². The lowest BCUT2D eigenvalue weighted by molar-refractivity contribution is -0.140. The summed E-state index contributed by atoms with van der Waals surface area (Å²) in [4.78, 5) is 29.6. The molecule has 0 saturated carbocycles. The lowest BCUT2D eigenvalue weighted by Gasteiger charge is -2.34. The lowest BCUT2D eigenvalue weighted by Crippen LogP contribution is -2.54. The predicted octanol–water partition coefficient (Wildman–Crippen LogP) is 7.32. The Morgan fingerprint density at radius 3 is 2.11 bits per heavy atom.